The van der Waals surface area contributed by atoms with Crippen molar-refractivity contribution in [1.82, 2.24) is 9.97 Å². The van der Waals surface area contributed by atoms with Crippen molar-refractivity contribution < 1.29 is 0 Å². The highest BCUT2D eigenvalue weighted by atomic mass is 35.5. The van der Waals surface area contributed by atoms with Crippen molar-refractivity contribution in [2.45, 2.75) is 19.2 Å². The van der Waals surface area contributed by atoms with Gasteiger partial charge in [-0.2, -0.15) is 0 Å². The number of aromatic amines is 1. The Morgan fingerprint density at radius 3 is 2.86 bits per heavy atom. The summed E-state index contributed by atoms with van der Waals surface area (Å²) in [5.41, 5.74) is 2.89. The topological polar surface area (TPSA) is 28.7 Å². The molecule has 0 unspecified atom stereocenters. The van der Waals surface area contributed by atoms with Crippen molar-refractivity contribution in [3.63, 3.8) is 0 Å². The Labute approximate surface area is 92.2 Å². The summed E-state index contributed by atoms with van der Waals surface area (Å²) in [6.45, 7) is 2.07. The number of imidazole rings is 1. The fourth-order valence-corrected chi connectivity index (χ4v) is 1.94. The van der Waals surface area contributed by atoms with Crippen LogP contribution in [-0.4, -0.2) is 9.97 Å². The molecule has 2 rings (SSSR count). The number of nitrogens with one attached hydrogen (secondary N) is 1. The highest BCUT2D eigenvalue weighted by molar-refractivity contribution is 6.35. The van der Waals surface area contributed by atoms with Crippen LogP contribution in [0, 0.1) is 0 Å². The van der Waals surface area contributed by atoms with Crippen molar-refractivity contribution in [3.8, 4) is 0 Å². The van der Waals surface area contributed by atoms with E-state index in [1.807, 2.05) is 12.1 Å². The summed E-state index contributed by atoms with van der Waals surface area (Å²) in [5.74, 6) is 1.14. The Kier molecular flexibility index (Phi) is 2.66. The van der Waals surface area contributed by atoms with E-state index in [1.165, 1.54) is 0 Å². The summed E-state index contributed by atoms with van der Waals surface area (Å²) in [6.07, 6.45) is 0.915. The van der Waals surface area contributed by atoms with Gasteiger partial charge in [0.25, 0.3) is 0 Å². The summed E-state index contributed by atoms with van der Waals surface area (Å²) in [6, 6.07) is 4.00. The lowest BCUT2D eigenvalue weighted by atomic mass is 10.1. The molecule has 14 heavy (non-hydrogen) atoms. The minimum atomic E-state index is 0.381. The molecule has 0 aliphatic heterocycles. The molecule has 0 saturated heterocycles. The SMILES string of the molecule is CCc1ccc2[nH]c(CCl)nc2c1Cl. The number of nitrogens with zero attached hydrogens (tertiary/aromatic N) is 1. The van der Waals surface area contributed by atoms with Crippen LogP contribution in [-0.2, 0) is 12.3 Å². The lowest BCUT2D eigenvalue weighted by Crippen LogP contribution is -1.83. The van der Waals surface area contributed by atoms with Crippen LogP contribution in [0.5, 0.6) is 0 Å². The molecule has 0 aliphatic rings. The lowest BCUT2D eigenvalue weighted by Gasteiger charge is -1.99. The molecule has 0 amide bonds. The number of aromatic nitrogens is 2. The van der Waals surface area contributed by atoms with E-state index in [-0.39, 0.29) is 0 Å². The summed E-state index contributed by atoms with van der Waals surface area (Å²) in [5, 5.41) is 0.734. The van der Waals surface area contributed by atoms with Crippen LogP contribution in [0.2, 0.25) is 5.02 Å². The molecule has 0 bridgehead atoms. The van der Waals surface area contributed by atoms with E-state index >= 15 is 0 Å². The van der Waals surface area contributed by atoms with Crippen molar-refractivity contribution in [3.05, 3.63) is 28.5 Å². The average Bonchev–Trinajstić information content (AvgIpc) is 2.62. The van der Waals surface area contributed by atoms with Gasteiger partial charge in [0.05, 0.1) is 16.4 Å². The Hall–Kier alpha value is -0.730. The number of rotatable bonds is 2. The lowest BCUT2D eigenvalue weighted by molar-refractivity contribution is 1.13. The molecule has 0 aliphatic carbocycles. The zero-order chi connectivity index (χ0) is 10.1. The Balaban J connectivity index is 2.68. The molecule has 0 saturated carbocycles. The normalized spacial score (nSPS) is 11.1. The molecule has 0 atom stereocenters. The Morgan fingerprint density at radius 2 is 2.21 bits per heavy atom. The minimum absolute atomic E-state index is 0.381. The molecule has 1 N–H and O–H groups in total. The zero-order valence-corrected chi connectivity index (χ0v) is 9.28. The van der Waals surface area contributed by atoms with E-state index in [1.54, 1.807) is 0 Å². The summed E-state index contributed by atoms with van der Waals surface area (Å²) < 4.78 is 0. The first-order valence-electron chi connectivity index (χ1n) is 4.48. The molecule has 74 valence electrons. The second-order valence-corrected chi connectivity index (χ2v) is 3.75. The third-order valence-electron chi connectivity index (χ3n) is 2.23. The number of halogens is 2. The molecule has 0 radical (unpaired) electrons. The van der Waals surface area contributed by atoms with Crippen molar-refractivity contribution >= 4 is 34.2 Å². The van der Waals surface area contributed by atoms with E-state index < -0.39 is 0 Å². The molecule has 1 heterocycles. The van der Waals surface area contributed by atoms with Gasteiger partial charge in [-0.25, -0.2) is 4.98 Å². The number of alkyl halides is 1. The number of hydrogen-bond acceptors (Lipinski definition) is 1. The zero-order valence-electron chi connectivity index (χ0n) is 7.77. The largest absolute Gasteiger partial charge is 0.341 e. The van der Waals surface area contributed by atoms with E-state index in [2.05, 4.69) is 16.9 Å². The molecule has 2 nitrogen and oxygen atoms in total. The van der Waals surface area contributed by atoms with Crippen LogP contribution in [0.1, 0.15) is 18.3 Å². The fraction of sp³-hybridized carbons (Fsp3) is 0.300. The van der Waals surface area contributed by atoms with Crippen LogP contribution in [0.15, 0.2) is 12.1 Å². The minimum Gasteiger partial charge on any atom is -0.341 e. The fourth-order valence-electron chi connectivity index (χ4n) is 1.47. The summed E-state index contributed by atoms with van der Waals surface area (Å²) in [4.78, 5) is 7.43. The Morgan fingerprint density at radius 1 is 1.43 bits per heavy atom. The molecule has 1 aromatic carbocycles. The van der Waals surface area contributed by atoms with Gasteiger partial charge in [0.15, 0.2) is 0 Å². The van der Waals surface area contributed by atoms with Crippen LogP contribution >= 0.6 is 23.2 Å². The quantitative estimate of drug-likeness (QED) is 0.784. The first kappa shape index (κ1) is 9.81. The van der Waals surface area contributed by atoms with Gasteiger partial charge in [-0.15, -0.1) is 11.6 Å². The highest BCUT2D eigenvalue weighted by Crippen LogP contribution is 2.26. The van der Waals surface area contributed by atoms with E-state index in [4.69, 9.17) is 23.2 Å². The molecular weight excluding hydrogens is 219 g/mol. The number of aryl methyl sites for hydroxylation is 1. The summed E-state index contributed by atoms with van der Waals surface area (Å²) in [7, 11) is 0. The van der Waals surface area contributed by atoms with Crippen LogP contribution in [0.3, 0.4) is 0 Å². The van der Waals surface area contributed by atoms with Crippen LogP contribution in [0.4, 0.5) is 0 Å². The van der Waals surface area contributed by atoms with Gasteiger partial charge >= 0.3 is 0 Å². The van der Waals surface area contributed by atoms with Gasteiger partial charge in [0.1, 0.15) is 11.3 Å². The van der Waals surface area contributed by atoms with Gasteiger partial charge in [0, 0.05) is 0 Å². The second-order valence-electron chi connectivity index (χ2n) is 3.11. The van der Waals surface area contributed by atoms with Crippen LogP contribution in [0.25, 0.3) is 11.0 Å². The predicted molar refractivity (Wildman–Crippen MR) is 60.0 cm³/mol. The van der Waals surface area contributed by atoms with Gasteiger partial charge in [-0.3, -0.25) is 0 Å². The van der Waals surface area contributed by atoms with Crippen LogP contribution < -0.4 is 0 Å². The maximum atomic E-state index is 6.19. The third-order valence-corrected chi connectivity index (χ3v) is 2.90. The van der Waals surface area contributed by atoms with Gasteiger partial charge in [-0.05, 0) is 18.1 Å². The predicted octanol–water partition coefficient (Wildman–Crippen LogP) is 3.52. The first-order valence-corrected chi connectivity index (χ1v) is 5.39. The van der Waals surface area contributed by atoms with Gasteiger partial charge in [-0.1, -0.05) is 24.6 Å². The molecular formula is C10H10Cl2N2. The standard InChI is InChI=1S/C10H10Cl2N2/c1-2-6-3-4-7-10(9(6)12)14-8(5-11)13-7/h3-4H,2,5H2,1H3,(H,13,14). The first-order chi connectivity index (χ1) is 6.76. The maximum Gasteiger partial charge on any atom is 0.122 e. The average molecular weight is 229 g/mol. The maximum absolute atomic E-state index is 6.19. The van der Waals surface area contributed by atoms with Gasteiger partial charge < -0.3 is 4.98 Å². The summed E-state index contributed by atoms with van der Waals surface area (Å²) >= 11 is 11.9. The third kappa shape index (κ3) is 1.49. The Bertz CT molecular complexity index is 462. The van der Waals surface area contributed by atoms with Gasteiger partial charge in [0.2, 0.25) is 0 Å². The van der Waals surface area contributed by atoms with Crippen molar-refractivity contribution in [2.75, 3.05) is 0 Å². The smallest absolute Gasteiger partial charge is 0.122 e. The van der Waals surface area contributed by atoms with E-state index in [9.17, 15) is 0 Å². The van der Waals surface area contributed by atoms with Crippen molar-refractivity contribution in [2.24, 2.45) is 0 Å². The molecule has 2 aromatic rings. The number of benzene rings is 1. The number of H-pyrrole nitrogens is 1. The molecule has 0 spiro atoms. The molecule has 0 fully saturated rings. The second kappa shape index (κ2) is 3.79. The molecule has 1 aromatic heterocycles. The number of hydrogen-bond donors (Lipinski definition) is 1. The number of fused-ring (bicyclic) bond motifs is 1. The highest BCUT2D eigenvalue weighted by Gasteiger charge is 2.08. The van der Waals surface area contributed by atoms with E-state index in [0.717, 1.165) is 33.9 Å². The van der Waals surface area contributed by atoms with Crippen molar-refractivity contribution in [1.29, 1.82) is 0 Å². The van der Waals surface area contributed by atoms with E-state index in [0.29, 0.717) is 5.88 Å². The monoisotopic (exact) mass is 228 g/mol. The molecule has 4 heteroatoms.